The minimum Gasteiger partial charge on any atom is -0.508 e. The fraction of sp³-hybridized carbons (Fsp3) is 0.462. The second kappa shape index (κ2) is 5.19. The molecular formula is C13H19NO3. The molecule has 0 saturated carbocycles. The van der Waals surface area contributed by atoms with Crippen LogP contribution in [0.2, 0.25) is 0 Å². The summed E-state index contributed by atoms with van der Waals surface area (Å²) in [5.74, 6) is -0.178. The van der Waals surface area contributed by atoms with E-state index in [1.807, 2.05) is 13.8 Å². The molecule has 17 heavy (non-hydrogen) atoms. The molecule has 0 aliphatic rings. The van der Waals surface area contributed by atoms with E-state index in [2.05, 4.69) is 5.32 Å². The molecule has 0 saturated heterocycles. The molecule has 0 aliphatic carbocycles. The van der Waals surface area contributed by atoms with Crippen LogP contribution in [0.25, 0.3) is 0 Å². The van der Waals surface area contributed by atoms with Gasteiger partial charge >= 0.3 is 5.97 Å². The van der Waals surface area contributed by atoms with Crippen LogP contribution in [0.1, 0.15) is 26.3 Å². The van der Waals surface area contributed by atoms with E-state index in [4.69, 9.17) is 4.74 Å². The van der Waals surface area contributed by atoms with Gasteiger partial charge in [0, 0.05) is 6.04 Å². The molecule has 4 heteroatoms. The van der Waals surface area contributed by atoms with Gasteiger partial charge < -0.3 is 9.84 Å². The zero-order valence-electron chi connectivity index (χ0n) is 10.7. The Bertz CT molecular complexity index is 386. The summed E-state index contributed by atoms with van der Waals surface area (Å²) in [5, 5.41) is 12.4. The number of carbonyl (C=O) groups excluding carboxylic acids is 1. The molecule has 1 aromatic rings. The summed E-state index contributed by atoms with van der Waals surface area (Å²) in [6.07, 6.45) is 0. The van der Waals surface area contributed by atoms with Crippen LogP contribution in [0, 0.1) is 0 Å². The standard InChI is InChI=1S/C13H19NO3/c1-9(2)14-13(3,12(16)17-4)10-5-7-11(15)8-6-10/h5-9,14-15H,1-4H3. The number of hydrogen-bond donors (Lipinski definition) is 2. The van der Waals surface area contributed by atoms with Crippen molar-refractivity contribution in [2.45, 2.75) is 32.4 Å². The Morgan fingerprint density at radius 1 is 1.35 bits per heavy atom. The lowest BCUT2D eigenvalue weighted by Gasteiger charge is -2.30. The van der Waals surface area contributed by atoms with Gasteiger partial charge in [-0.05, 0) is 38.5 Å². The molecule has 94 valence electrons. The highest BCUT2D eigenvalue weighted by molar-refractivity contribution is 5.82. The van der Waals surface area contributed by atoms with Crippen molar-refractivity contribution < 1.29 is 14.6 Å². The van der Waals surface area contributed by atoms with Gasteiger partial charge in [0.25, 0.3) is 0 Å². The monoisotopic (exact) mass is 237 g/mol. The minimum atomic E-state index is -0.906. The molecule has 1 atom stereocenters. The lowest BCUT2D eigenvalue weighted by molar-refractivity contribution is -0.148. The number of aromatic hydroxyl groups is 1. The summed E-state index contributed by atoms with van der Waals surface area (Å²) in [5.41, 5.74) is -0.146. The normalized spacial score (nSPS) is 14.4. The molecule has 1 rings (SSSR count). The van der Waals surface area contributed by atoms with Crippen molar-refractivity contribution in [3.05, 3.63) is 29.8 Å². The van der Waals surface area contributed by atoms with Crippen LogP contribution < -0.4 is 5.32 Å². The van der Waals surface area contributed by atoms with E-state index in [9.17, 15) is 9.90 Å². The quantitative estimate of drug-likeness (QED) is 0.784. The number of carbonyl (C=O) groups is 1. The fourth-order valence-electron chi connectivity index (χ4n) is 1.84. The van der Waals surface area contributed by atoms with Gasteiger partial charge in [-0.2, -0.15) is 0 Å². The zero-order valence-corrected chi connectivity index (χ0v) is 10.7. The lowest BCUT2D eigenvalue weighted by atomic mass is 9.91. The maximum Gasteiger partial charge on any atom is 0.330 e. The van der Waals surface area contributed by atoms with Crippen molar-refractivity contribution in [1.82, 2.24) is 5.32 Å². The minimum absolute atomic E-state index is 0.132. The topological polar surface area (TPSA) is 58.6 Å². The van der Waals surface area contributed by atoms with Gasteiger partial charge in [-0.3, -0.25) is 5.32 Å². The Kier molecular flexibility index (Phi) is 4.12. The number of methoxy groups -OCH3 is 1. The van der Waals surface area contributed by atoms with Crippen LogP contribution in [0.15, 0.2) is 24.3 Å². The van der Waals surface area contributed by atoms with Gasteiger partial charge in [-0.1, -0.05) is 12.1 Å². The highest BCUT2D eigenvalue weighted by Crippen LogP contribution is 2.24. The van der Waals surface area contributed by atoms with E-state index in [1.54, 1.807) is 31.2 Å². The second-order valence-electron chi connectivity index (χ2n) is 4.46. The highest BCUT2D eigenvalue weighted by atomic mass is 16.5. The van der Waals surface area contributed by atoms with Crippen molar-refractivity contribution in [2.24, 2.45) is 0 Å². The maximum absolute atomic E-state index is 11.9. The SMILES string of the molecule is COC(=O)C(C)(NC(C)C)c1ccc(O)cc1. The van der Waals surface area contributed by atoms with E-state index in [-0.39, 0.29) is 17.8 Å². The first-order chi connectivity index (χ1) is 7.90. The third-order valence-electron chi connectivity index (χ3n) is 2.62. The molecule has 0 radical (unpaired) electrons. The number of nitrogens with one attached hydrogen (secondary N) is 1. The van der Waals surface area contributed by atoms with Gasteiger partial charge in [0.15, 0.2) is 0 Å². The van der Waals surface area contributed by atoms with Crippen molar-refractivity contribution in [2.75, 3.05) is 7.11 Å². The number of esters is 1. The van der Waals surface area contributed by atoms with Crippen molar-refractivity contribution >= 4 is 5.97 Å². The van der Waals surface area contributed by atoms with Gasteiger partial charge in [-0.15, -0.1) is 0 Å². The van der Waals surface area contributed by atoms with Gasteiger partial charge in [0.05, 0.1) is 7.11 Å². The van der Waals surface area contributed by atoms with E-state index in [0.717, 1.165) is 5.56 Å². The van der Waals surface area contributed by atoms with Gasteiger partial charge in [0.1, 0.15) is 11.3 Å². The molecule has 4 nitrogen and oxygen atoms in total. The Morgan fingerprint density at radius 3 is 2.29 bits per heavy atom. The van der Waals surface area contributed by atoms with Crippen molar-refractivity contribution in [3.63, 3.8) is 0 Å². The predicted octanol–water partition coefficient (Wildman–Crippen LogP) is 1.78. The third kappa shape index (κ3) is 2.97. The number of hydrogen-bond acceptors (Lipinski definition) is 4. The Balaban J connectivity index is 3.13. The average molecular weight is 237 g/mol. The van der Waals surface area contributed by atoms with Crippen LogP contribution in [0.4, 0.5) is 0 Å². The second-order valence-corrected chi connectivity index (χ2v) is 4.46. The number of ether oxygens (including phenoxy) is 1. The van der Waals surface area contributed by atoms with Crippen LogP contribution in [0.3, 0.4) is 0 Å². The van der Waals surface area contributed by atoms with Crippen LogP contribution >= 0.6 is 0 Å². The highest BCUT2D eigenvalue weighted by Gasteiger charge is 2.36. The number of benzene rings is 1. The largest absolute Gasteiger partial charge is 0.508 e. The zero-order chi connectivity index (χ0) is 13.1. The molecular weight excluding hydrogens is 218 g/mol. The summed E-state index contributed by atoms with van der Waals surface area (Å²) in [6, 6.07) is 6.66. The first-order valence-electron chi connectivity index (χ1n) is 5.55. The maximum atomic E-state index is 11.9. The van der Waals surface area contributed by atoms with Gasteiger partial charge in [0.2, 0.25) is 0 Å². The summed E-state index contributed by atoms with van der Waals surface area (Å²) in [4.78, 5) is 11.9. The number of phenolic OH excluding ortho intramolecular Hbond substituents is 1. The predicted molar refractivity (Wildman–Crippen MR) is 65.7 cm³/mol. The Labute approximate surface area is 102 Å². The first-order valence-corrected chi connectivity index (χ1v) is 5.55. The van der Waals surface area contributed by atoms with Crippen LogP contribution in [-0.4, -0.2) is 24.2 Å². The number of phenols is 1. The fourth-order valence-corrected chi connectivity index (χ4v) is 1.84. The summed E-state index contributed by atoms with van der Waals surface area (Å²) >= 11 is 0. The summed E-state index contributed by atoms with van der Waals surface area (Å²) in [6.45, 7) is 5.69. The summed E-state index contributed by atoms with van der Waals surface area (Å²) < 4.78 is 4.84. The van der Waals surface area contributed by atoms with Crippen molar-refractivity contribution in [1.29, 1.82) is 0 Å². The molecule has 2 N–H and O–H groups in total. The lowest BCUT2D eigenvalue weighted by Crippen LogP contribution is -2.50. The Morgan fingerprint density at radius 2 is 1.88 bits per heavy atom. The number of rotatable bonds is 4. The first kappa shape index (κ1) is 13.5. The van der Waals surface area contributed by atoms with E-state index in [1.165, 1.54) is 7.11 Å². The molecule has 0 bridgehead atoms. The van der Waals surface area contributed by atoms with E-state index in [0.29, 0.717) is 0 Å². The van der Waals surface area contributed by atoms with Crippen molar-refractivity contribution in [3.8, 4) is 5.75 Å². The molecule has 1 unspecified atom stereocenters. The molecule has 0 fully saturated rings. The molecule has 1 aromatic carbocycles. The van der Waals surface area contributed by atoms with Gasteiger partial charge in [-0.25, -0.2) is 4.79 Å². The smallest absolute Gasteiger partial charge is 0.330 e. The Hall–Kier alpha value is -1.55. The summed E-state index contributed by atoms with van der Waals surface area (Å²) in [7, 11) is 1.36. The average Bonchev–Trinajstić information content (AvgIpc) is 2.27. The van der Waals surface area contributed by atoms with Crippen LogP contribution in [-0.2, 0) is 15.1 Å². The molecule has 0 amide bonds. The molecule has 0 spiro atoms. The van der Waals surface area contributed by atoms with E-state index < -0.39 is 5.54 Å². The molecule has 0 aliphatic heterocycles. The third-order valence-corrected chi connectivity index (χ3v) is 2.62. The molecule has 0 heterocycles. The van der Waals surface area contributed by atoms with E-state index >= 15 is 0 Å². The van der Waals surface area contributed by atoms with Crippen LogP contribution in [0.5, 0.6) is 5.75 Å². The molecule has 0 aromatic heterocycles.